The summed E-state index contributed by atoms with van der Waals surface area (Å²) < 4.78 is 0. The standard InChI is InChI=1S/C16H34N2O2/c1-4-7-8-9-12-18(15-11-16(19)20)14-10-13-17(5-2)6-3/h4-15H2,1-3H3,(H,19,20). The smallest absolute Gasteiger partial charge is 0.304 e. The number of carbonyl (C=O) groups is 1. The summed E-state index contributed by atoms with van der Waals surface area (Å²) in [6.45, 7) is 12.7. The van der Waals surface area contributed by atoms with Gasteiger partial charge < -0.3 is 14.9 Å². The lowest BCUT2D eigenvalue weighted by atomic mass is 10.2. The van der Waals surface area contributed by atoms with Crippen molar-refractivity contribution in [1.29, 1.82) is 0 Å². The monoisotopic (exact) mass is 286 g/mol. The number of unbranched alkanes of at least 4 members (excludes halogenated alkanes) is 3. The first-order chi connectivity index (χ1) is 9.63. The van der Waals surface area contributed by atoms with Gasteiger partial charge >= 0.3 is 5.97 Å². The van der Waals surface area contributed by atoms with E-state index in [2.05, 4.69) is 30.6 Å². The molecule has 0 atom stereocenters. The lowest BCUT2D eigenvalue weighted by Gasteiger charge is -2.24. The van der Waals surface area contributed by atoms with Gasteiger partial charge in [0, 0.05) is 6.54 Å². The van der Waals surface area contributed by atoms with Crippen molar-refractivity contribution < 1.29 is 9.90 Å². The minimum Gasteiger partial charge on any atom is -0.481 e. The average molecular weight is 286 g/mol. The zero-order valence-electron chi connectivity index (χ0n) is 13.7. The van der Waals surface area contributed by atoms with Crippen LogP contribution in [-0.4, -0.2) is 60.1 Å². The molecule has 0 aromatic heterocycles. The molecule has 4 nitrogen and oxygen atoms in total. The van der Waals surface area contributed by atoms with Crippen LogP contribution < -0.4 is 0 Å². The zero-order chi connectivity index (χ0) is 15.2. The summed E-state index contributed by atoms with van der Waals surface area (Å²) in [6.07, 6.45) is 6.38. The van der Waals surface area contributed by atoms with Crippen LogP contribution >= 0.6 is 0 Å². The van der Waals surface area contributed by atoms with Gasteiger partial charge in [-0.2, -0.15) is 0 Å². The molecule has 0 unspecified atom stereocenters. The molecule has 0 aromatic rings. The second-order valence-electron chi connectivity index (χ2n) is 5.43. The van der Waals surface area contributed by atoms with Crippen molar-refractivity contribution in [3.8, 4) is 0 Å². The van der Waals surface area contributed by atoms with Crippen molar-refractivity contribution >= 4 is 5.97 Å². The molecule has 20 heavy (non-hydrogen) atoms. The predicted molar refractivity (Wildman–Crippen MR) is 85.2 cm³/mol. The summed E-state index contributed by atoms with van der Waals surface area (Å²) in [5.41, 5.74) is 0. The second kappa shape index (κ2) is 13.4. The van der Waals surface area contributed by atoms with E-state index in [0.717, 1.165) is 39.1 Å². The summed E-state index contributed by atoms with van der Waals surface area (Å²) >= 11 is 0. The minimum atomic E-state index is -0.688. The fraction of sp³-hybridized carbons (Fsp3) is 0.938. The van der Waals surface area contributed by atoms with E-state index < -0.39 is 5.97 Å². The van der Waals surface area contributed by atoms with E-state index in [1.165, 1.54) is 25.7 Å². The van der Waals surface area contributed by atoms with Crippen LogP contribution in [0.2, 0.25) is 0 Å². The van der Waals surface area contributed by atoms with Gasteiger partial charge in [0.2, 0.25) is 0 Å². The van der Waals surface area contributed by atoms with E-state index in [-0.39, 0.29) is 6.42 Å². The SMILES string of the molecule is CCCCCCN(CCCN(CC)CC)CCC(=O)O. The molecule has 0 aliphatic heterocycles. The fourth-order valence-electron chi connectivity index (χ4n) is 2.41. The minimum absolute atomic E-state index is 0.263. The normalized spacial score (nSPS) is 11.4. The van der Waals surface area contributed by atoms with Crippen molar-refractivity contribution in [2.45, 2.75) is 59.3 Å². The summed E-state index contributed by atoms with van der Waals surface area (Å²) in [7, 11) is 0. The highest BCUT2D eigenvalue weighted by Gasteiger charge is 2.08. The Morgan fingerprint density at radius 2 is 1.40 bits per heavy atom. The first kappa shape index (κ1) is 19.4. The number of hydrogen-bond acceptors (Lipinski definition) is 3. The van der Waals surface area contributed by atoms with Gasteiger partial charge in [-0.25, -0.2) is 0 Å². The van der Waals surface area contributed by atoms with E-state index >= 15 is 0 Å². The summed E-state index contributed by atoms with van der Waals surface area (Å²) in [5, 5.41) is 8.83. The van der Waals surface area contributed by atoms with E-state index in [0.29, 0.717) is 6.54 Å². The molecule has 0 heterocycles. The summed E-state index contributed by atoms with van der Waals surface area (Å²) in [6, 6.07) is 0. The van der Waals surface area contributed by atoms with E-state index in [9.17, 15) is 4.79 Å². The molecule has 0 spiro atoms. The predicted octanol–water partition coefficient (Wildman–Crippen LogP) is 3.08. The lowest BCUT2D eigenvalue weighted by molar-refractivity contribution is -0.137. The van der Waals surface area contributed by atoms with Crippen molar-refractivity contribution in [2.75, 3.05) is 39.3 Å². The molecule has 0 fully saturated rings. The highest BCUT2D eigenvalue weighted by Crippen LogP contribution is 2.04. The van der Waals surface area contributed by atoms with Crippen molar-refractivity contribution in [3.63, 3.8) is 0 Å². The fourth-order valence-corrected chi connectivity index (χ4v) is 2.41. The van der Waals surface area contributed by atoms with Crippen LogP contribution in [0.1, 0.15) is 59.3 Å². The lowest BCUT2D eigenvalue weighted by Crippen LogP contribution is -2.32. The van der Waals surface area contributed by atoms with Crippen molar-refractivity contribution in [2.24, 2.45) is 0 Å². The molecular formula is C16H34N2O2. The maximum absolute atomic E-state index is 10.7. The van der Waals surface area contributed by atoms with E-state index in [1.807, 2.05) is 0 Å². The Morgan fingerprint density at radius 3 is 1.95 bits per heavy atom. The van der Waals surface area contributed by atoms with Crippen molar-refractivity contribution in [3.05, 3.63) is 0 Å². The Labute approximate surface area is 125 Å². The van der Waals surface area contributed by atoms with Crippen LogP contribution in [0.5, 0.6) is 0 Å². The highest BCUT2D eigenvalue weighted by molar-refractivity contribution is 5.66. The Bertz CT molecular complexity index is 231. The summed E-state index contributed by atoms with van der Waals surface area (Å²) in [5.74, 6) is -0.688. The molecule has 0 radical (unpaired) electrons. The number of nitrogens with zero attached hydrogens (tertiary/aromatic N) is 2. The van der Waals surface area contributed by atoms with Crippen molar-refractivity contribution in [1.82, 2.24) is 9.80 Å². The maximum Gasteiger partial charge on any atom is 0.304 e. The van der Waals surface area contributed by atoms with E-state index in [4.69, 9.17) is 5.11 Å². The molecule has 120 valence electrons. The quantitative estimate of drug-likeness (QED) is 0.498. The highest BCUT2D eigenvalue weighted by atomic mass is 16.4. The third kappa shape index (κ3) is 11.2. The Kier molecular flexibility index (Phi) is 13.0. The average Bonchev–Trinajstić information content (AvgIpc) is 2.44. The largest absolute Gasteiger partial charge is 0.481 e. The van der Waals surface area contributed by atoms with Gasteiger partial charge in [0.15, 0.2) is 0 Å². The topological polar surface area (TPSA) is 43.8 Å². The number of carboxylic acids is 1. The van der Waals surface area contributed by atoms with Crippen LogP contribution in [0.25, 0.3) is 0 Å². The molecular weight excluding hydrogens is 252 g/mol. The molecule has 0 aliphatic rings. The van der Waals surface area contributed by atoms with Gasteiger partial charge in [-0.05, 0) is 45.6 Å². The number of carboxylic acid groups (broad SMARTS) is 1. The molecule has 0 rings (SSSR count). The van der Waals surface area contributed by atoms with Gasteiger partial charge in [0.25, 0.3) is 0 Å². The Hall–Kier alpha value is -0.610. The molecule has 0 amide bonds. The van der Waals surface area contributed by atoms with Gasteiger partial charge in [-0.1, -0.05) is 40.0 Å². The van der Waals surface area contributed by atoms with Crippen LogP contribution in [-0.2, 0) is 4.79 Å². The molecule has 0 aromatic carbocycles. The molecule has 0 aliphatic carbocycles. The molecule has 0 saturated carbocycles. The molecule has 4 heteroatoms. The van der Waals surface area contributed by atoms with Gasteiger partial charge in [-0.3, -0.25) is 4.79 Å². The first-order valence-corrected chi connectivity index (χ1v) is 8.30. The van der Waals surface area contributed by atoms with Gasteiger partial charge in [0.1, 0.15) is 0 Å². The maximum atomic E-state index is 10.7. The van der Waals surface area contributed by atoms with Gasteiger partial charge in [-0.15, -0.1) is 0 Å². The zero-order valence-corrected chi connectivity index (χ0v) is 13.7. The Balaban J connectivity index is 3.93. The molecule has 1 N–H and O–H groups in total. The summed E-state index contributed by atoms with van der Waals surface area (Å²) in [4.78, 5) is 15.5. The van der Waals surface area contributed by atoms with Crippen LogP contribution in [0.4, 0.5) is 0 Å². The Morgan fingerprint density at radius 1 is 0.800 bits per heavy atom. The van der Waals surface area contributed by atoms with Crippen LogP contribution in [0.3, 0.4) is 0 Å². The number of aliphatic carboxylic acids is 1. The third-order valence-corrected chi connectivity index (χ3v) is 3.81. The third-order valence-electron chi connectivity index (χ3n) is 3.81. The van der Waals surface area contributed by atoms with Crippen LogP contribution in [0, 0.1) is 0 Å². The first-order valence-electron chi connectivity index (χ1n) is 8.30. The second-order valence-corrected chi connectivity index (χ2v) is 5.43. The molecule has 0 bridgehead atoms. The van der Waals surface area contributed by atoms with Crippen LogP contribution in [0.15, 0.2) is 0 Å². The van der Waals surface area contributed by atoms with E-state index in [1.54, 1.807) is 0 Å². The number of hydrogen-bond donors (Lipinski definition) is 1. The van der Waals surface area contributed by atoms with Gasteiger partial charge in [0.05, 0.1) is 6.42 Å². The number of rotatable bonds is 14. The molecule has 0 saturated heterocycles.